The van der Waals surface area contributed by atoms with Crippen LogP contribution in [0.3, 0.4) is 0 Å². The molecule has 0 radical (unpaired) electrons. The predicted molar refractivity (Wildman–Crippen MR) is 110 cm³/mol. The minimum absolute atomic E-state index is 0.0273. The van der Waals surface area contributed by atoms with Crippen LogP contribution in [0.25, 0.3) is 0 Å². The van der Waals surface area contributed by atoms with Crippen LogP contribution in [0.4, 0.5) is 0 Å². The van der Waals surface area contributed by atoms with E-state index in [4.69, 9.17) is 18.9 Å². The van der Waals surface area contributed by atoms with Crippen LogP contribution in [-0.4, -0.2) is 43.4 Å². The van der Waals surface area contributed by atoms with Crippen molar-refractivity contribution in [1.82, 2.24) is 5.32 Å². The van der Waals surface area contributed by atoms with Gasteiger partial charge in [0, 0.05) is 31.1 Å². The molecule has 7 nitrogen and oxygen atoms in total. The van der Waals surface area contributed by atoms with Crippen molar-refractivity contribution in [2.24, 2.45) is 5.92 Å². The number of carbonyl (C=O) groups is 1. The van der Waals surface area contributed by atoms with E-state index in [1.165, 1.54) is 0 Å². The third-order valence-electron chi connectivity index (χ3n) is 6.11. The SMILES string of the molecule is CCO[C@H]1OC(C(=O)NC2CCCC2)=C[C@@H](c2ccc3c(c2)OCO3)[C@@H]1CCCO. The first-order valence-corrected chi connectivity index (χ1v) is 11.0. The number of allylic oxidation sites excluding steroid dienone is 1. The molecule has 30 heavy (non-hydrogen) atoms. The first kappa shape index (κ1) is 21.0. The highest BCUT2D eigenvalue weighted by Crippen LogP contribution is 2.42. The molecule has 4 rings (SSSR count). The zero-order valence-corrected chi connectivity index (χ0v) is 17.5. The van der Waals surface area contributed by atoms with Gasteiger partial charge in [-0.25, -0.2) is 0 Å². The number of fused-ring (bicyclic) bond motifs is 1. The number of aliphatic hydroxyl groups excluding tert-OH is 1. The highest BCUT2D eigenvalue weighted by Gasteiger charge is 2.38. The van der Waals surface area contributed by atoms with E-state index in [0.717, 1.165) is 37.0 Å². The fourth-order valence-electron chi connectivity index (χ4n) is 4.59. The highest BCUT2D eigenvalue weighted by atomic mass is 16.7. The summed E-state index contributed by atoms with van der Waals surface area (Å²) in [5.41, 5.74) is 1.02. The summed E-state index contributed by atoms with van der Waals surface area (Å²) in [6, 6.07) is 6.08. The number of benzene rings is 1. The molecule has 0 aromatic heterocycles. The normalized spacial score (nSPS) is 25.7. The summed E-state index contributed by atoms with van der Waals surface area (Å²) >= 11 is 0. The van der Waals surface area contributed by atoms with Gasteiger partial charge in [0.15, 0.2) is 17.3 Å². The third kappa shape index (κ3) is 4.57. The fraction of sp³-hybridized carbons (Fsp3) is 0.609. The maximum Gasteiger partial charge on any atom is 0.286 e. The number of amides is 1. The Morgan fingerprint density at radius 3 is 2.80 bits per heavy atom. The Morgan fingerprint density at radius 1 is 1.23 bits per heavy atom. The van der Waals surface area contributed by atoms with E-state index in [1.807, 2.05) is 31.2 Å². The number of carbonyl (C=O) groups excluding carboxylic acids is 1. The first-order valence-electron chi connectivity index (χ1n) is 11.0. The molecule has 2 aliphatic heterocycles. The van der Waals surface area contributed by atoms with Crippen LogP contribution in [0.2, 0.25) is 0 Å². The molecule has 7 heteroatoms. The maximum atomic E-state index is 12.9. The summed E-state index contributed by atoms with van der Waals surface area (Å²) in [4.78, 5) is 12.9. The van der Waals surface area contributed by atoms with Crippen molar-refractivity contribution in [2.45, 2.75) is 63.7 Å². The second-order valence-electron chi connectivity index (χ2n) is 8.10. The largest absolute Gasteiger partial charge is 0.459 e. The van der Waals surface area contributed by atoms with Gasteiger partial charge in [-0.2, -0.15) is 0 Å². The topological polar surface area (TPSA) is 86.3 Å². The van der Waals surface area contributed by atoms with Crippen LogP contribution in [0.15, 0.2) is 30.0 Å². The smallest absolute Gasteiger partial charge is 0.286 e. The lowest BCUT2D eigenvalue weighted by Gasteiger charge is -2.37. The number of aliphatic hydroxyl groups is 1. The molecule has 1 saturated carbocycles. The molecule has 0 unspecified atom stereocenters. The van der Waals surface area contributed by atoms with Crippen LogP contribution in [0.1, 0.15) is 56.9 Å². The molecule has 1 aromatic carbocycles. The van der Waals surface area contributed by atoms with Crippen molar-refractivity contribution in [2.75, 3.05) is 20.0 Å². The predicted octanol–water partition coefficient (Wildman–Crippen LogP) is 3.22. The molecule has 3 aliphatic rings. The number of hydrogen-bond donors (Lipinski definition) is 2. The zero-order valence-electron chi connectivity index (χ0n) is 17.5. The molecule has 1 amide bonds. The van der Waals surface area contributed by atoms with Gasteiger partial charge in [0.05, 0.1) is 0 Å². The van der Waals surface area contributed by atoms with E-state index in [2.05, 4.69) is 5.32 Å². The summed E-state index contributed by atoms with van der Waals surface area (Å²) in [5.74, 6) is 1.43. The Balaban J connectivity index is 1.63. The number of rotatable bonds is 8. The molecular formula is C23H31NO6. The number of hydrogen-bond acceptors (Lipinski definition) is 6. The monoisotopic (exact) mass is 417 g/mol. The summed E-state index contributed by atoms with van der Waals surface area (Å²) in [6.45, 7) is 2.71. The van der Waals surface area contributed by atoms with Crippen LogP contribution >= 0.6 is 0 Å². The highest BCUT2D eigenvalue weighted by molar-refractivity contribution is 5.92. The second kappa shape index (κ2) is 9.71. The van der Waals surface area contributed by atoms with Gasteiger partial charge in [0.25, 0.3) is 5.91 Å². The van der Waals surface area contributed by atoms with Crippen molar-refractivity contribution in [3.8, 4) is 11.5 Å². The van der Waals surface area contributed by atoms with Crippen LogP contribution < -0.4 is 14.8 Å². The minimum Gasteiger partial charge on any atom is -0.459 e. The van der Waals surface area contributed by atoms with Crippen LogP contribution in [0, 0.1) is 5.92 Å². The standard InChI is InChI=1S/C23H31NO6/c1-2-27-23-17(8-5-11-25)18(15-9-10-19-20(12-15)29-14-28-19)13-21(30-23)22(26)24-16-6-3-4-7-16/h9-10,12-13,16-18,23,25H,2-8,11,14H2,1H3,(H,24,26)/t17-,18-,23-/m0/s1. The van der Waals surface area contributed by atoms with Gasteiger partial charge in [-0.05, 0) is 56.4 Å². The van der Waals surface area contributed by atoms with Gasteiger partial charge in [-0.1, -0.05) is 18.9 Å². The van der Waals surface area contributed by atoms with Gasteiger partial charge < -0.3 is 29.4 Å². The minimum atomic E-state index is -0.550. The van der Waals surface area contributed by atoms with E-state index in [1.54, 1.807) is 0 Å². The van der Waals surface area contributed by atoms with Gasteiger partial charge in [0.2, 0.25) is 13.1 Å². The molecule has 2 N–H and O–H groups in total. The van der Waals surface area contributed by atoms with Crippen molar-refractivity contribution in [3.63, 3.8) is 0 Å². The molecule has 1 aromatic rings. The van der Waals surface area contributed by atoms with Crippen molar-refractivity contribution in [3.05, 3.63) is 35.6 Å². The number of nitrogens with one attached hydrogen (secondary N) is 1. The van der Waals surface area contributed by atoms with E-state index in [-0.39, 0.29) is 37.2 Å². The third-order valence-corrected chi connectivity index (χ3v) is 6.11. The molecular weight excluding hydrogens is 386 g/mol. The molecule has 0 saturated heterocycles. The number of ether oxygens (including phenoxy) is 4. The summed E-state index contributed by atoms with van der Waals surface area (Å²) < 4.78 is 22.9. The Labute approximate surface area is 177 Å². The quantitative estimate of drug-likeness (QED) is 0.676. The Bertz CT molecular complexity index is 773. The average molecular weight is 418 g/mol. The Hall–Kier alpha value is -2.25. The van der Waals surface area contributed by atoms with Crippen molar-refractivity contribution >= 4 is 5.91 Å². The second-order valence-corrected chi connectivity index (χ2v) is 8.10. The van der Waals surface area contributed by atoms with E-state index < -0.39 is 6.29 Å². The van der Waals surface area contributed by atoms with Crippen molar-refractivity contribution in [1.29, 1.82) is 0 Å². The lowest BCUT2D eigenvalue weighted by molar-refractivity contribution is -0.166. The first-order chi connectivity index (χ1) is 14.7. The Morgan fingerprint density at radius 2 is 2.03 bits per heavy atom. The van der Waals surface area contributed by atoms with Crippen LogP contribution in [0.5, 0.6) is 11.5 Å². The van der Waals surface area contributed by atoms with Gasteiger partial charge in [0.1, 0.15) is 0 Å². The molecule has 2 heterocycles. The summed E-state index contributed by atoms with van der Waals surface area (Å²) in [6.07, 6.45) is 7.03. The summed E-state index contributed by atoms with van der Waals surface area (Å²) in [5, 5.41) is 12.5. The van der Waals surface area contributed by atoms with Gasteiger partial charge in [-0.3, -0.25) is 4.79 Å². The molecule has 1 aliphatic carbocycles. The van der Waals surface area contributed by atoms with E-state index in [9.17, 15) is 9.90 Å². The maximum absolute atomic E-state index is 12.9. The lowest BCUT2D eigenvalue weighted by atomic mass is 9.80. The lowest BCUT2D eigenvalue weighted by Crippen LogP contribution is -2.41. The van der Waals surface area contributed by atoms with Gasteiger partial charge >= 0.3 is 0 Å². The Kier molecular flexibility index (Phi) is 6.79. The van der Waals surface area contributed by atoms with Crippen molar-refractivity contribution < 1.29 is 28.8 Å². The molecule has 1 fully saturated rings. The summed E-state index contributed by atoms with van der Waals surface area (Å²) in [7, 11) is 0. The van der Waals surface area contributed by atoms with Crippen LogP contribution in [-0.2, 0) is 14.3 Å². The van der Waals surface area contributed by atoms with E-state index in [0.29, 0.717) is 31.0 Å². The zero-order chi connectivity index (χ0) is 20.9. The molecule has 0 bridgehead atoms. The van der Waals surface area contributed by atoms with Gasteiger partial charge in [-0.15, -0.1) is 0 Å². The van der Waals surface area contributed by atoms with E-state index >= 15 is 0 Å². The fourth-order valence-corrected chi connectivity index (χ4v) is 4.59. The molecule has 0 spiro atoms. The average Bonchev–Trinajstić information content (AvgIpc) is 3.43. The molecule has 3 atom stereocenters. The molecule has 164 valence electrons.